The van der Waals surface area contributed by atoms with Crippen LogP contribution in [0.2, 0.25) is 0 Å². The van der Waals surface area contributed by atoms with Gasteiger partial charge in [-0.1, -0.05) is 25.0 Å². The van der Waals surface area contributed by atoms with Crippen molar-refractivity contribution in [2.45, 2.75) is 77.0 Å². The molecule has 21 heteroatoms. The number of hydrogen-bond acceptors (Lipinski definition) is 12. The van der Waals surface area contributed by atoms with E-state index in [0.717, 1.165) is 69.9 Å². The fourth-order valence-corrected chi connectivity index (χ4v) is 7.16. The molecule has 0 aromatic heterocycles. The number of rotatable bonds is 26. The zero-order valence-electron chi connectivity index (χ0n) is 46.0. The van der Waals surface area contributed by atoms with Crippen LogP contribution in [0.25, 0.3) is 0 Å². The van der Waals surface area contributed by atoms with Gasteiger partial charge in [0.05, 0.1) is 1.28 Å². The van der Waals surface area contributed by atoms with E-state index >= 15 is 0 Å². The van der Waals surface area contributed by atoms with Gasteiger partial charge in [-0.25, -0.2) is 4.79 Å². The topological polar surface area (TPSA) is 313 Å². The number of aliphatic hydroxyl groups is 3. The summed E-state index contributed by atoms with van der Waals surface area (Å²) in [6.07, 6.45) is 9.69. The van der Waals surface area contributed by atoms with Crippen molar-refractivity contribution >= 4 is 93.1 Å². The van der Waals surface area contributed by atoms with E-state index in [1.165, 1.54) is 0 Å². The predicted molar refractivity (Wildman–Crippen MR) is 326 cm³/mol. The fraction of sp³-hybridized carbons (Fsp3) is 0.288. The summed E-state index contributed by atoms with van der Waals surface area (Å²) in [6.45, 7) is 1.91. The second-order valence-electron chi connectivity index (χ2n) is 17.8. The van der Waals surface area contributed by atoms with Crippen molar-refractivity contribution in [3.05, 3.63) is 173 Å². The summed E-state index contributed by atoms with van der Waals surface area (Å²) >= 11 is 0. The van der Waals surface area contributed by atoms with Crippen LogP contribution in [0.1, 0.15) is 118 Å². The molecular formula is C59H77N9O9P2U. The largest absolute Gasteiger partial charge is 0.399 e. The number of amides is 6. The first-order valence-corrected chi connectivity index (χ1v) is 28.3. The summed E-state index contributed by atoms with van der Waals surface area (Å²) in [4.78, 5) is 74.1. The molecule has 0 bridgehead atoms. The van der Waals surface area contributed by atoms with Crippen LogP contribution >= 0.6 is 17.8 Å². The number of Topliss-reactive ketones (excluding diaryl/α,β-unsaturated/α-hetero) is 1. The van der Waals surface area contributed by atoms with E-state index in [4.69, 9.17) is 33.8 Å². The van der Waals surface area contributed by atoms with Crippen molar-refractivity contribution in [3.8, 4) is 0 Å². The van der Waals surface area contributed by atoms with Gasteiger partial charge in [-0.3, -0.25) is 24.0 Å². The Balaban J connectivity index is 0.000000508. The SMILES string of the molecule is NCCCCCO.Nc1ccc(NC(=O)c2ccc(C(=O)Nc3ccc(N)cc3)cc2)cc1.O=C(CCCCCCO)Cc1ccc(NC(=O)c2ccc(C(=O)Nc3ccc(NC(=O)NCCCCCO)cc3)cc2)cc1.[3H]PP.[U]. The maximum absolute atomic E-state index is 12.7. The van der Waals surface area contributed by atoms with Crippen LogP contribution in [-0.4, -0.2) is 85.0 Å². The Morgan fingerprint density at radius 3 is 1.07 bits per heavy atom. The first-order valence-electron chi connectivity index (χ1n) is 26.5. The van der Waals surface area contributed by atoms with Gasteiger partial charge in [-0.15, -0.1) is 17.8 Å². The van der Waals surface area contributed by atoms with Crippen LogP contribution in [-0.2, 0) is 11.2 Å². The molecule has 15 N–H and O–H groups in total. The zero-order valence-corrected chi connectivity index (χ0v) is 51.3. The van der Waals surface area contributed by atoms with Crippen LogP contribution in [0.5, 0.6) is 0 Å². The molecule has 18 nitrogen and oxygen atoms in total. The van der Waals surface area contributed by atoms with Crippen molar-refractivity contribution in [1.82, 2.24) is 5.32 Å². The number of unbranched alkanes of at least 4 members (excludes halogenated alkanes) is 7. The molecule has 426 valence electrons. The number of carbonyl (C=O) groups is 6. The maximum atomic E-state index is 12.7. The number of benzene rings is 6. The summed E-state index contributed by atoms with van der Waals surface area (Å²) in [5.41, 5.74) is 23.3. The van der Waals surface area contributed by atoms with Crippen molar-refractivity contribution in [3.63, 3.8) is 0 Å². The summed E-state index contributed by atoms with van der Waals surface area (Å²) in [7, 11) is 2.52. The van der Waals surface area contributed by atoms with E-state index in [-0.39, 0.29) is 88.6 Å². The molecule has 0 aliphatic carbocycles. The third kappa shape index (κ3) is 28.6. The number of carbonyl (C=O) groups excluding carboxylic acids is 6. The third-order valence-corrected chi connectivity index (χ3v) is 11.5. The van der Waals surface area contributed by atoms with Crippen LogP contribution in [0.4, 0.5) is 44.6 Å². The average Bonchev–Trinajstić information content (AvgIpc) is 3.46. The smallest absolute Gasteiger partial charge is 0.319 e. The molecule has 2 unspecified atom stereocenters. The summed E-state index contributed by atoms with van der Waals surface area (Å²) in [6, 6.07) is 40.0. The standard InChI is InChI=1S/C34H42N4O6.C20H18N4O2.C5H13NO.H4P2.U/c39-22-6-2-1-4-8-31(41)24-25-9-15-28(16-10-25)36-32(42)26-11-13-27(14-12-26)33(43)37-29-17-19-30(20-18-29)38-34(44)35-21-5-3-7-23-40;21-15-5-9-17(10-6-15)23-19(25)13-1-2-14(4-3-13)20(26)24-18-11-7-16(22)8-12-18;6-4-2-1-3-5-7;1-2;/h9-20,39-40H,1-8,21-24H2,(H,36,42)(H,37,43)(H2,35,38,44);1-12H,21-22H2,(H,23,25)(H,24,26);7H,1-6H2;1-2H2;/i;;;1T;. The van der Waals surface area contributed by atoms with Gasteiger partial charge in [0.1, 0.15) is 5.78 Å². The molecular weight excluding hydrogens is 1280 g/mol. The number of nitrogen functional groups attached to an aromatic ring is 2. The number of aliphatic hydroxyl groups excluding tert-OH is 3. The minimum Gasteiger partial charge on any atom is -0.399 e. The molecule has 6 aromatic rings. The number of nitrogens with two attached hydrogens (primary N) is 3. The monoisotopic (exact) mass is 1360 g/mol. The van der Waals surface area contributed by atoms with E-state index < -0.39 is 0 Å². The van der Waals surface area contributed by atoms with Gasteiger partial charge < -0.3 is 64.4 Å². The van der Waals surface area contributed by atoms with Gasteiger partial charge in [0.2, 0.25) is 0 Å². The average molecular weight is 1360 g/mol. The predicted octanol–water partition coefficient (Wildman–Crippen LogP) is 9.64. The van der Waals surface area contributed by atoms with Crippen molar-refractivity contribution in [1.29, 1.82) is 1.28 Å². The van der Waals surface area contributed by atoms with Gasteiger partial charge in [-0.2, -0.15) is 0 Å². The molecule has 0 spiro atoms. The summed E-state index contributed by atoms with van der Waals surface area (Å²) < 4.78 is 6.20. The number of ketones is 1. The Kier molecular flexibility index (Phi) is 35.2. The fourth-order valence-electron chi connectivity index (χ4n) is 7.16. The van der Waals surface area contributed by atoms with Crippen molar-refractivity contribution < 1.29 is 75.2 Å². The zero-order chi connectivity index (χ0) is 58.3. The van der Waals surface area contributed by atoms with Gasteiger partial charge in [0, 0.05) is 132 Å². The number of hydrogen-bond donors (Lipinski definition) is 12. The van der Waals surface area contributed by atoms with Crippen LogP contribution in [0.15, 0.2) is 146 Å². The minimum absolute atomic E-state index is 0. The number of anilines is 7. The van der Waals surface area contributed by atoms with Gasteiger partial charge in [0.15, 0.2) is 0 Å². The second-order valence-corrected chi connectivity index (χ2v) is 17.8. The summed E-state index contributed by atoms with van der Waals surface area (Å²) in [5.74, 6) is -1.01. The molecule has 6 rings (SSSR count). The number of urea groups is 1. The van der Waals surface area contributed by atoms with Crippen LogP contribution < -0.4 is 49.1 Å². The first kappa shape index (κ1) is 67.8. The normalized spacial score (nSPS) is 10.3. The molecule has 6 aromatic carbocycles. The van der Waals surface area contributed by atoms with E-state index in [9.17, 15) is 28.8 Å². The first-order chi connectivity index (χ1) is 38.7. The van der Waals surface area contributed by atoms with E-state index in [1.54, 1.807) is 133 Å². The Bertz CT molecular complexity index is 2580. The minimum atomic E-state index is -0.339. The molecule has 0 saturated heterocycles. The Labute approximate surface area is 499 Å². The molecule has 0 aliphatic heterocycles. The van der Waals surface area contributed by atoms with E-state index in [1.807, 2.05) is 12.1 Å². The maximum Gasteiger partial charge on any atom is 0.319 e. The molecule has 80 heavy (non-hydrogen) atoms. The van der Waals surface area contributed by atoms with Crippen LogP contribution in [0, 0.1) is 31.1 Å². The third-order valence-electron chi connectivity index (χ3n) is 11.5. The molecule has 0 radical (unpaired) electrons. The quantitative estimate of drug-likeness (QED) is 0.0137. The van der Waals surface area contributed by atoms with Gasteiger partial charge in [0.25, 0.3) is 23.6 Å². The van der Waals surface area contributed by atoms with Crippen LogP contribution in [0.3, 0.4) is 0 Å². The van der Waals surface area contributed by atoms with E-state index in [0.29, 0.717) is 94.5 Å². The molecule has 0 heterocycles. The van der Waals surface area contributed by atoms with Gasteiger partial charge >= 0.3 is 6.03 Å². The Morgan fingerprint density at radius 1 is 0.425 bits per heavy atom. The van der Waals surface area contributed by atoms with Crippen molar-refractivity contribution in [2.75, 3.05) is 71.0 Å². The number of nitrogens with one attached hydrogen (secondary N) is 6. The summed E-state index contributed by atoms with van der Waals surface area (Å²) in [5, 5.41) is 42.5. The Morgan fingerprint density at radius 2 is 0.725 bits per heavy atom. The van der Waals surface area contributed by atoms with Crippen molar-refractivity contribution in [2.24, 2.45) is 5.73 Å². The molecule has 0 fully saturated rings. The molecule has 0 saturated carbocycles. The molecule has 2 atom stereocenters. The van der Waals surface area contributed by atoms with E-state index in [2.05, 4.69) is 40.8 Å². The second kappa shape index (κ2) is 41.5. The molecule has 6 amide bonds. The molecule has 0 aliphatic rings. The van der Waals surface area contributed by atoms with Gasteiger partial charge in [-0.05, 0) is 197 Å². The Hall–Kier alpha value is -6.51.